The Morgan fingerprint density at radius 1 is 0.692 bits per heavy atom. The van der Waals surface area contributed by atoms with E-state index in [9.17, 15) is 28.0 Å². The molecule has 0 fully saturated rings. The molecule has 0 aromatic carbocycles. The lowest BCUT2D eigenvalue weighted by Crippen LogP contribution is -2.50. The molecule has 0 aromatic heterocycles. The van der Waals surface area contributed by atoms with Gasteiger partial charge in [-0.15, -0.1) is 0 Å². The summed E-state index contributed by atoms with van der Waals surface area (Å²) >= 11 is 0. The van der Waals surface area contributed by atoms with E-state index in [1.165, 1.54) is 57.4 Å². The fraction of sp³-hybridized carbons (Fsp3) is 0.839. The summed E-state index contributed by atoms with van der Waals surface area (Å²) in [6, 6.07) is -1.23. The van der Waals surface area contributed by atoms with Crippen molar-refractivity contribution in [2.75, 3.05) is 5.75 Å². The van der Waals surface area contributed by atoms with Gasteiger partial charge in [0.2, 0.25) is 5.91 Å². The molecule has 3 atom stereocenters. The molecule has 0 aliphatic rings. The van der Waals surface area contributed by atoms with Crippen LogP contribution in [0.2, 0.25) is 0 Å². The van der Waals surface area contributed by atoms with E-state index in [0.717, 1.165) is 64.2 Å². The van der Waals surface area contributed by atoms with Crippen LogP contribution in [0.3, 0.4) is 0 Å². The van der Waals surface area contributed by atoms with Crippen molar-refractivity contribution in [3.63, 3.8) is 0 Å². The lowest BCUT2D eigenvalue weighted by Gasteiger charge is -2.22. The third-order valence-electron chi connectivity index (χ3n) is 6.98. The Balaban J connectivity index is 4.16. The van der Waals surface area contributed by atoms with Crippen LogP contribution in [-0.2, 0) is 14.9 Å². The molecule has 7 nitrogen and oxygen atoms in total. The van der Waals surface area contributed by atoms with Crippen LogP contribution in [0.1, 0.15) is 142 Å². The SMILES string of the molecule is CCCCCCC/C=C/C(O)C(CS(=O)(=O)O)NC(=O)C(O)CCCCCC/C=C\CCCCCCCCC. The number of amides is 1. The van der Waals surface area contributed by atoms with Gasteiger partial charge in [-0.2, -0.15) is 8.42 Å². The highest BCUT2D eigenvalue weighted by Gasteiger charge is 2.27. The van der Waals surface area contributed by atoms with E-state index in [-0.39, 0.29) is 6.42 Å². The van der Waals surface area contributed by atoms with E-state index >= 15 is 0 Å². The fourth-order valence-corrected chi connectivity index (χ4v) is 5.24. The molecule has 0 aliphatic heterocycles. The molecule has 0 saturated heterocycles. The predicted octanol–water partition coefficient (Wildman–Crippen LogP) is 7.04. The van der Waals surface area contributed by atoms with Crippen LogP contribution < -0.4 is 5.32 Å². The minimum absolute atomic E-state index is 0.266. The normalized spacial score (nSPS) is 14.7. The van der Waals surface area contributed by atoms with Gasteiger partial charge in [0, 0.05) is 0 Å². The molecule has 0 bridgehead atoms. The summed E-state index contributed by atoms with van der Waals surface area (Å²) in [6.45, 7) is 4.39. The van der Waals surface area contributed by atoms with Crippen molar-refractivity contribution in [1.29, 1.82) is 0 Å². The van der Waals surface area contributed by atoms with Crippen molar-refractivity contribution in [1.82, 2.24) is 5.32 Å². The van der Waals surface area contributed by atoms with Crippen molar-refractivity contribution < 1.29 is 28.0 Å². The lowest BCUT2D eigenvalue weighted by atomic mass is 10.1. The third kappa shape index (κ3) is 25.5. The van der Waals surface area contributed by atoms with Gasteiger partial charge in [-0.3, -0.25) is 9.35 Å². The van der Waals surface area contributed by atoms with Gasteiger partial charge in [0.25, 0.3) is 10.1 Å². The molecule has 1 amide bonds. The molecule has 3 unspecified atom stereocenters. The van der Waals surface area contributed by atoms with Crippen molar-refractivity contribution in [3.8, 4) is 0 Å². The maximum Gasteiger partial charge on any atom is 0.267 e. The second-order valence-electron chi connectivity index (χ2n) is 10.9. The number of carbonyl (C=O) groups excluding carboxylic acids is 1. The second-order valence-corrected chi connectivity index (χ2v) is 12.4. The van der Waals surface area contributed by atoms with E-state index < -0.39 is 40.0 Å². The number of nitrogens with one attached hydrogen (secondary N) is 1. The number of hydrogen-bond donors (Lipinski definition) is 4. The van der Waals surface area contributed by atoms with Crippen molar-refractivity contribution >= 4 is 16.0 Å². The van der Waals surface area contributed by atoms with Crippen LogP contribution in [0.15, 0.2) is 24.3 Å². The highest BCUT2D eigenvalue weighted by atomic mass is 32.2. The number of unbranched alkanes of at least 4 members (excludes halogenated alkanes) is 16. The average Bonchev–Trinajstić information content (AvgIpc) is 2.88. The molecule has 230 valence electrons. The summed E-state index contributed by atoms with van der Waals surface area (Å²) in [5.74, 6) is -1.55. The number of allylic oxidation sites excluding steroid dienone is 3. The van der Waals surface area contributed by atoms with E-state index in [4.69, 9.17) is 0 Å². The predicted molar refractivity (Wildman–Crippen MR) is 162 cm³/mol. The molecule has 4 N–H and O–H groups in total. The molecule has 0 spiro atoms. The molecule has 39 heavy (non-hydrogen) atoms. The molecular formula is C31H59NO6S. The molecule has 0 rings (SSSR count). The maximum absolute atomic E-state index is 12.4. The second kappa shape index (κ2) is 25.7. The Hall–Kier alpha value is -1.22. The summed E-state index contributed by atoms with van der Waals surface area (Å²) in [7, 11) is -4.42. The van der Waals surface area contributed by atoms with Crippen molar-refractivity contribution in [2.24, 2.45) is 0 Å². The smallest absolute Gasteiger partial charge is 0.267 e. The lowest BCUT2D eigenvalue weighted by molar-refractivity contribution is -0.130. The molecular weight excluding hydrogens is 514 g/mol. The van der Waals surface area contributed by atoms with E-state index in [2.05, 4.69) is 31.3 Å². The van der Waals surface area contributed by atoms with E-state index in [0.29, 0.717) is 6.42 Å². The van der Waals surface area contributed by atoms with Gasteiger partial charge >= 0.3 is 0 Å². The van der Waals surface area contributed by atoms with E-state index in [1.807, 2.05) is 0 Å². The Bertz CT molecular complexity index is 737. The van der Waals surface area contributed by atoms with Crippen LogP contribution in [0.5, 0.6) is 0 Å². The summed E-state index contributed by atoms with van der Waals surface area (Å²) < 4.78 is 32.1. The first-order valence-electron chi connectivity index (χ1n) is 15.6. The Morgan fingerprint density at radius 2 is 1.13 bits per heavy atom. The standard InChI is InChI=1S/C31H59NO6S/c1-3-5-7-9-11-12-13-14-15-16-17-18-20-22-24-26-30(34)31(35)32-28(27-39(36,37)38)29(33)25-23-21-19-10-8-6-4-2/h15-16,23,25,28-30,33-34H,3-14,17-22,24,26-27H2,1-2H3,(H,32,35)(H,36,37,38)/b16-15-,25-23+. The summed E-state index contributed by atoms with van der Waals surface area (Å²) in [4.78, 5) is 12.4. The number of hydrogen-bond acceptors (Lipinski definition) is 5. The highest BCUT2D eigenvalue weighted by Crippen LogP contribution is 2.12. The molecule has 0 aliphatic carbocycles. The zero-order chi connectivity index (χ0) is 29.2. The van der Waals surface area contributed by atoms with Crippen LogP contribution in [0, 0.1) is 0 Å². The van der Waals surface area contributed by atoms with Crippen LogP contribution >= 0.6 is 0 Å². The Labute approximate surface area is 239 Å². The van der Waals surface area contributed by atoms with Gasteiger partial charge in [-0.1, -0.05) is 122 Å². The molecule has 8 heteroatoms. The Morgan fingerprint density at radius 3 is 1.62 bits per heavy atom. The minimum Gasteiger partial charge on any atom is -0.387 e. The van der Waals surface area contributed by atoms with Gasteiger partial charge in [0.1, 0.15) is 6.10 Å². The quantitative estimate of drug-likeness (QED) is 0.0475. The van der Waals surface area contributed by atoms with Gasteiger partial charge in [0.15, 0.2) is 0 Å². The summed E-state index contributed by atoms with van der Waals surface area (Å²) in [5.41, 5.74) is 0. The molecule has 0 aromatic rings. The first-order valence-corrected chi connectivity index (χ1v) is 17.3. The van der Waals surface area contributed by atoms with Crippen molar-refractivity contribution in [2.45, 2.75) is 161 Å². The van der Waals surface area contributed by atoms with Gasteiger partial charge in [-0.05, 0) is 44.9 Å². The Kier molecular flexibility index (Phi) is 24.9. The average molecular weight is 574 g/mol. The molecule has 0 saturated carbocycles. The largest absolute Gasteiger partial charge is 0.387 e. The zero-order valence-electron chi connectivity index (χ0n) is 24.9. The van der Waals surface area contributed by atoms with Gasteiger partial charge in [0.05, 0.1) is 17.9 Å². The summed E-state index contributed by atoms with van der Waals surface area (Å²) in [5, 5.41) is 23.0. The molecule has 0 radical (unpaired) electrons. The fourth-order valence-electron chi connectivity index (χ4n) is 4.51. The third-order valence-corrected chi connectivity index (χ3v) is 7.76. The van der Waals surface area contributed by atoms with E-state index in [1.54, 1.807) is 6.08 Å². The maximum atomic E-state index is 12.4. The first kappa shape index (κ1) is 37.8. The number of rotatable bonds is 27. The van der Waals surface area contributed by atoms with Crippen molar-refractivity contribution in [3.05, 3.63) is 24.3 Å². The number of aliphatic hydroxyl groups is 2. The zero-order valence-corrected chi connectivity index (χ0v) is 25.7. The first-order chi connectivity index (χ1) is 18.7. The van der Waals surface area contributed by atoms with Crippen LogP contribution in [-0.4, -0.2) is 53.1 Å². The number of aliphatic hydroxyl groups excluding tert-OH is 2. The minimum atomic E-state index is -4.42. The number of carbonyl (C=O) groups is 1. The topological polar surface area (TPSA) is 124 Å². The highest BCUT2D eigenvalue weighted by molar-refractivity contribution is 7.85. The summed E-state index contributed by atoms with van der Waals surface area (Å²) in [6.07, 6.45) is 26.9. The molecule has 0 heterocycles. The van der Waals surface area contributed by atoms with Crippen LogP contribution in [0.25, 0.3) is 0 Å². The van der Waals surface area contributed by atoms with Gasteiger partial charge < -0.3 is 15.5 Å². The monoisotopic (exact) mass is 573 g/mol. The van der Waals surface area contributed by atoms with Crippen LogP contribution in [0.4, 0.5) is 0 Å². The van der Waals surface area contributed by atoms with Gasteiger partial charge in [-0.25, -0.2) is 0 Å².